The Morgan fingerprint density at radius 2 is 2.25 bits per heavy atom. The Bertz CT molecular complexity index is 43.7. The second-order valence-corrected chi connectivity index (χ2v) is 2.18. The van der Waals surface area contributed by atoms with E-state index in [1.54, 1.807) is 0 Å². The van der Waals surface area contributed by atoms with Gasteiger partial charge in [0, 0.05) is 0 Å². The fourth-order valence-electron chi connectivity index (χ4n) is 0.379. The van der Waals surface area contributed by atoms with Gasteiger partial charge in [-0.1, -0.05) is 36.5 Å². The number of alkyl halides is 2. The molecule has 1 unspecified atom stereocenters. The van der Waals surface area contributed by atoms with Gasteiger partial charge in [-0.25, -0.2) is 0 Å². The average Bonchev–Trinajstić information content (AvgIpc) is 1.68. The standard InChI is InChI=1S/C5H10Cl2O/c1-2-3-5(7)8-4-6/h5H,2-4H2,1H3. The maximum atomic E-state index is 5.57. The van der Waals surface area contributed by atoms with Crippen molar-refractivity contribution >= 4 is 23.2 Å². The lowest BCUT2D eigenvalue weighted by Crippen LogP contribution is -2.01. The number of rotatable bonds is 4. The number of hydrogen-bond donors (Lipinski definition) is 0. The van der Waals surface area contributed by atoms with Crippen molar-refractivity contribution in [3.05, 3.63) is 0 Å². The van der Waals surface area contributed by atoms with E-state index >= 15 is 0 Å². The zero-order chi connectivity index (χ0) is 6.41. The predicted molar refractivity (Wildman–Crippen MR) is 36.4 cm³/mol. The van der Waals surface area contributed by atoms with Gasteiger partial charge in [-0.3, -0.25) is 0 Å². The lowest BCUT2D eigenvalue weighted by molar-refractivity contribution is 0.142. The summed E-state index contributed by atoms with van der Waals surface area (Å²) in [6.07, 6.45) is 1.90. The van der Waals surface area contributed by atoms with E-state index in [-0.39, 0.29) is 11.6 Å². The van der Waals surface area contributed by atoms with E-state index in [9.17, 15) is 0 Å². The Labute approximate surface area is 59.9 Å². The topological polar surface area (TPSA) is 9.23 Å². The summed E-state index contributed by atoms with van der Waals surface area (Å²) in [6, 6.07) is 0.189. The van der Waals surface area contributed by atoms with Crippen LogP contribution in [-0.2, 0) is 4.74 Å². The molecule has 50 valence electrons. The summed E-state index contributed by atoms with van der Waals surface area (Å²) in [5, 5.41) is 0. The molecule has 0 N–H and O–H groups in total. The highest BCUT2D eigenvalue weighted by molar-refractivity contribution is 6.20. The Hall–Kier alpha value is 0.540. The second kappa shape index (κ2) is 5.67. The van der Waals surface area contributed by atoms with Crippen LogP contribution >= 0.6 is 23.2 Å². The maximum absolute atomic E-state index is 5.57. The van der Waals surface area contributed by atoms with E-state index < -0.39 is 0 Å². The number of halogens is 2. The molecule has 0 rings (SSSR count). The normalized spacial score (nSPS) is 13.9. The molecule has 3 heteroatoms. The van der Waals surface area contributed by atoms with Gasteiger partial charge < -0.3 is 4.74 Å². The molecule has 0 radical (unpaired) electrons. The largest absolute Gasteiger partial charge is 0.347 e. The molecule has 0 saturated heterocycles. The molecule has 0 aliphatic heterocycles. The van der Waals surface area contributed by atoms with E-state index in [1.165, 1.54) is 0 Å². The van der Waals surface area contributed by atoms with E-state index in [0.29, 0.717) is 0 Å². The minimum Gasteiger partial charge on any atom is -0.347 e. The summed E-state index contributed by atoms with van der Waals surface area (Å²) in [5.74, 6) is 0. The first kappa shape index (κ1) is 8.54. The van der Waals surface area contributed by atoms with Crippen LogP contribution in [0.5, 0.6) is 0 Å². The highest BCUT2D eigenvalue weighted by Crippen LogP contribution is 2.06. The third-order valence-electron chi connectivity index (χ3n) is 0.759. The Balaban J connectivity index is 2.92. The Morgan fingerprint density at radius 3 is 2.62 bits per heavy atom. The summed E-state index contributed by atoms with van der Waals surface area (Å²) in [6.45, 7) is 2.05. The summed E-state index contributed by atoms with van der Waals surface area (Å²) in [5.41, 5.74) is -0.197. The molecule has 0 aromatic heterocycles. The summed E-state index contributed by atoms with van der Waals surface area (Å²) >= 11 is 10.8. The van der Waals surface area contributed by atoms with Gasteiger partial charge in [0.25, 0.3) is 0 Å². The van der Waals surface area contributed by atoms with E-state index in [1.807, 2.05) is 6.92 Å². The monoisotopic (exact) mass is 156 g/mol. The Kier molecular flexibility index (Phi) is 6.06. The zero-order valence-corrected chi connectivity index (χ0v) is 6.37. The van der Waals surface area contributed by atoms with Crippen molar-refractivity contribution in [1.82, 2.24) is 0 Å². The molecule has 0 aliphatic rings. The van der Waals surface area contributed by atoms with Crippen molar-refractivity contribution in [3.8, 4) is 0 Å². The lowest BCUT2D eigenvalue weighted by Gasteiger charge is -2.04. The first-order chi connectivity index (χ1) is 3.81. The van der Waals surface area contributed by atoms with Crippen molar-refractivity contribution in [2.24, 2.45) is 0 Å². The first-order valence-corrected chi connectivity index (χ1v) is 3.60. The second-order valence-electron chi connectivity index (χ2n) is 1.47. The summed E-state index contributed by atoms with van der Waals surface area (Å²) < 4.78 is 4.81. The molecule has 0 fully saturated rings. The fourth-order valence-corrected chi connectivity index (χ4v) is 0.876. The molecule has 0 aromatic carbocycles. The van der Waals surface area contributed by atoms with Crippen LogP contribution in [0.2, 0.25) is 0 Å². The van der Waals surface area contributed by atoms with Crippen molar-refractivity contribution < 1.29 is 4.74 Å². The van der Waals surface area contributed by atoms with Gasteiger partial charge >= 0.3 is 0 Å². The van der Waals surface area contributed by atoms with Gasteiger partial charge in [0.1, 0.15) is 11.6 Å². The predicted octanol–water partition coefficient (Wildman–Crippen LogP) is 2.56. The van der Waals surface area contributed by atoms with Gasteiger partial charge in [0.15, 0.2) is 0 Å². The van der Waals surface area contributed by atoms with Crippen LogP contribution in [-0.4, -0.2) is 11.6 Å². The van der Waals surface area contributed by atoms with Crippen molar-refractivity contribution in [2.75, 3.05) is 6.07 Å². The molecular formula is C5H10Cl2O. The molecule has 1 atom stereocenters. The molecule has 0 bridgehead atoms. The molecule has 0 amide bonds. The van der Waals surface area contributed by atoms with Crippen LogP contribution in [0.25, 0.3) is 0 Å². The highest BCUT2D eigenvalue weighted by atomic mass is 35.5. The van der Waals surface area contributed by atoms with Crippen molar-refractivity contribution in [1.29, 1.82) is 0 Å². The SMILES string of the molecule is CCCC(Cl)OCCl. The van der Waals surface area contributed by atoms with E-state index in [4.69, 9.17) is 27.9 Å². The molecule has 0 aliphatic carbocycles. The van der Waals surface area contributed by atoms with Gasteiger partial charge in [-0.15, -0.1) is 0 Å². The van der Waals surface area contributed by atoms with Gasteiger partial charge in [-0.05, 0) is 6.42 Å². The zero-order valence-electron chi connectivity index (χ0n) is 4.86. The maximum Gasteiger partial charge on any atom is 0.132 e. The smallest absolute Gasteiger partial charge is 0.132 e. The molecule has 0 spiro atoms. The molecule has 0 heterocycles. The summed E-state index contributed by atoms with van der Waals surface area (Å²) in [7, 11) is 0. The van der Waals surface area contributed by atoms with Crippen LogP contribution in [0.3, 0.4) is 0 Å². The molecule has 0 aromatic rings. The number of ether oxygens (including phenoxy) is 1. The third-order valence-corrected chi connectivity index (χ3v) is 1.23. The van der Waals surface area contributed by atoms with Gasteiger partial charge in [-0.2, -0.15) is 0 Å². The Morgan fingerprint density at radius 1 is 1.62 bits per heavy atom. The minimum absolute atomic E-state index is 0.189. The first-order valence-electron chi connectivity index (χ1n) is 2.63. The molecule has 0 saturated carbocycles. The molecular weight excluding hydrogens is 147 g/mol. The molecule has 8 heavy (non-hydrogen) atoms. The van der Waals surface area contributed by atoms with E-state index in [0.717, 1.165) is 12.8 Å². The van der Waals surface area contributed by atoms with Gasteiger partial charge in [0.05, 0.1) is 0 Å². The van der Waals surface area contributed by atoms with Crippen molar-refractivity contribution in [2.45, 2.75) is 25.3 Å². The quantitative estimate of drug-likeness (QED) is 0.569. The third kappa shape index (κ3) is 4.69. The molecule has 1 nitrogen and oxygen atoms in total. The lowest BCUT2D eigenvalue weighted by atomic mass is 10.4. The van der Waals surface area contributed by atoms with Crippen LogP contribution < -0.4 is 0 Å². The van der Waals surface area contributed by atoms with Crippen LogP contribution in [0.15, 0.2) is 0 Å². The van der Waals surface area contributed by atoms with Crippen molar-refractivity contribution in [3.63, 3.8) is 0 Å². The van der Waals surface area contributed by atoms with Crippen LogP contribution in [0.1, 0.15) is 19.8 Å². The highest BCUT2D eigenvalue weighted by Gasteiger charge is 1.98. The van der Waals surface area contributed by atoms with Crippen LogP contribution in [0, 0.1) is 0 Å². The van der Waals surface area contributed by atoms with E-state index in [2.05, 4.69) is 0 Å². The fraction of sp³-hybridized carbons (Fsp3) is 1.00. The average molecular weight is 157 g/mol. The van der Waals surface area contributed by atoms with Crippen LogP contribution in [0.4, 0.5) is 0 Å². The number of hydrogen-bond acceptors (Lipinski definition) is 1. The van der Waals surface area contributed by atoms with Gasteiger partial charge in [0.2, 0.25) is 0 Å². The minimum atomic E-state index is -0.197. The summed E-state index contributed by atoms with van der Waals surface area (Å²) in [4.78, 5) is 0.